The van der Waals surface area contributed by atoms with Crippen LogP contribution in [0.25, 0.3) is 11.1 Å². The van der Waals surface area contributed by atoms with Crippen molar-refractivity contribution in [3.05, 3.63) is 24.1 Å². The van der Waals surface area contributed by atoms with Gasteiger partial charge in [-0.15, -0.1) is 0 Å². The van der Waals surface area contributed by atoms with Gasteiger partial charge in [-0.05, 0) is 0 Å². The summed E-state index contributed by atoms with van der Waals surface area (Å²) in [5.74, 6) is -0.440. The molecule has 2 aromatic heterocycles. The van der Waals surface area contributed by atoms with E-state index in [0.29, 0.717) is 11.3 Å². The Labute approximate surface area is 111 Å². The van der Waals surface area contributed by atoms with Crippen LogP contribution in [0.3, 0.4) is 0 Å². The third kappa shape index (κ3) is 2.41. The van der Waals surface area contributed by atoms with Crippen LogP contribution in [0.1, 0.15) is 31.3 Å². The van der Waals surface area contributed by atoms with E-state index >= 15 is 0 Å². The highest BCUT2D eigenvalue weighted by atomic mass is 16.5. The number of esters is 1. The Kier molecular flexibility index (Phi) is 3.22. The smallest absolute Gasteiger partial charge is 0.354 e. The minimum atomic E-state index is -0.479. The predicted octanol–water partition coefficient (Wildman–Crippen LogP) is 2.64. The van der Waals surface area contributed by atoms with Gasteiger partial charge in [-0.1, -0.05) is 20.8 Å². The van der Waals surface area contributed by atoms with Gasteiger partial charge in [0.05, 0.1) is 25.4 Å². The van der Waals surface area contributed by atoms with Crippen molar-refractivity contribution in [2.45, 2.75) is 27.3 Å². The Morgan fingerprint density at radius 2 is 2.05 bits per heavy atom. The Morgan fingerprint density at radius 1 is 1.37 bits per heavy atom. The molecular formula is C14H17NO4. The lowest BCUT2D eigenvalue weighted by Gasteiger charge is -2.18. The lowest BCUT2D eigenvalue weighted by atomic mass is 9.91. The molecule has 0 aliphatic carbocycles. The molecule has 0 amide bonds. The van der Waals surface area contributed by atoms with Gasteiger partial charge in [0.15, 0.2) is 11.4 Å². The molecule has 0 radical (unpaired) electrons. The number of carbonyl (C=O) groups is 2. The molecule has 5 heteroatoms. The summed E-state index contributed by atoms with van der Waals surface area (Å²) >= 11 is 0. The standard InChI is InChI=1S/C14H17NO4/c1-14(2,3)12(16)8-15-9-5-6-19-11(9)7-10(15)13(17)18-4/h5-7H,8H2,1-4H3. The molecule has 0 atom stereocenters. The monoisotopic (exact) mass is 263 g/mol. The molecule has 19 heavy (non-hydrogen) atoms. The number of fused-ring (bicyclic) bond motifs is 1. The van der Waals surface area contributed by atoms with Crippen LogP contribution in [0, 0.1) is 5.41 Å². The van der Waals surface area contributed by atoms with Gasteiger partial charge in [0, 0.05) is 17.5 Å². The number of ether oxygens (including phenoxy) is 1. The van der Waals surface area contributed by atoms with Gasteiger partial charge in [-0.25, -0.2) is 4.79 Å². The maximum absolute atomic E-state index is 12.2. The summed E-state index contributed by atoms with van der Waals surface area (Å²) in [5, 5.41) is 0. The summed E-state index contributed by atoms with van der Waals surface area (Å²) < 4.78 is 11.6. The van der Waals surface area contributed by atoms with E-state index in [1.807, 2.05) is 20.8 Å². The van der Waals surface area contributed by atoms with Crippen LogP contribution in [0.15, 0.2) is 22.8 Å². The summed E-state index contributed by atoms with van der Waals surface area (Å²) in [6, 6.07) is 3.33. The van der Waals surface area contributed by atoms with E-state index in [-0.39, 0.29) is 12.3 Å². The second-order valence-corrected chi connectivity index (χ2v) is 5.45. The van der Waals surface area contributed by atoms with E-state index < -0.39 is 11.4 Å². The summed E-state index contributed by atoms with van der Waals surface area (Å²) in [4.78, 5) is 23.9. The first-order valence-corrected chi connectivity index (χ1v) is 6.03. The number of carbonyl (C=O) groups excluding carboxylic acids is 2. The van der Waals surface area contributed by atoms with Crippen LogP contribution in [-0.4, -0.2) is 23.4 Å². The molecule has 0 spiro atoms. The van der Waals surface area contributed by atoms with Crippen molar-refractivity contribution in [1.29, 1.82) is 0 Å². The first-order chi connectivity index (χ1) is 8.84. The number of furan rings is 1. The number of hydrogen-bond acceptors (Lipinski definition) is 4. The van der Waals surface area contributed by atoms with Crippen molar-refractivity contribution in [1.82, 2.24) is 4.57 Å². The van der Waals surface area contributed by atoms with Crippen molar-refractivity contribution < 1.29 is 18.7 Å². The van der Waals surface area contributed by atoms with Gasteiger partial charge in [-0.2, -0.15) is 0 Å². The first kappa shape index (κ1) is 13.4. The Hall–Kier alpha value is -2.04. The van der Waals surface area contributed by atoms with E-state index in [1.54, 1.807) is 16.7 Å². The molecule has 0 aliphatic heterocycles. The molecule has 0 saturated carbocycles. The van der Waals surface area contributed by atoms with Gasteiger partial charge >= 0.3 is 5.97 Å². The zero-order chi connectivity index (χ0) is 14.2. The van der Waals surface area contributed by atoms with E-state index in [2.05, 4.69) is 0 Å². The molecule has 2 rings (SSSR count). The number of rotatable bonds is 3. The van der Waals surface area contributed by atoms with Crippen LogP contribution in [0.4, 0.5) is 0 Å². The zero-order valence-corrected chi connectivity index (χ0v) is 11.5. The van der Waals surface area contributed by atoms with Crippen LogP contribution in [-0.2, 0) is 16.1 Å². The highest BCUT2D eigenvalue weighted by molar-refractivity contribution is 5.95. The summed E-state index contributed by atoms with van der Waals surface area (Å²) in [5.41, 5.74) is 1.16. The van der Waals surface area contributed by atoms with E-state index in [9.17, 15) is 9.59 Å². The highest BCUT2D eigenvalue weighted by Crippen LogP contribution is 2.24. The van der Waals surface area contributed by atoms with Crippen molar-refractivity contribution >= 4 is 22.9 Å². The van der Waals surface area contributed by atoms with Gasteiger partial charge in [-0.3, -0.25) is 4.79 Å². The van der Waals surface area contributed by atoms with Gasteiger partial charge in [0.2, 0.25) is 0 Å². The topological polar surface area (TPSA) is 61.4 Å². The minimum Gasteiger partial charge on any atom is -0.464 e. The lowest BCUT2D eigenvalue weighted by molar-refractivity contribution is -0.126. The lowest BCUT2D eigenvalue weighted by Crippen LogP contribution is -2.26. The largest absolute Gasteiger partial charge is 0.464 e. The Bertz CT molecular complexity index is 627. The van der Waals surface area contributed by atoms with Gasteiger partial charge in [0.25, 0.3) is 0 Å². The predicted molar refractivity (Wildman–Crippen MR) is 70.0 cm³/mol. The normalized spacial score (nSPS) is 11.8. The molecule has 2 aromatic rings. The molecule has 0 bridgehead atoms. The summed E-state index contributed by atoms with van der Waals surface area (Å²) in [6.07, 6.45) is 1.53. The van der Waals surface area contributed by atoms with Crippen molar-refractivity contribution in [2.24, 2.45) is 5.41 Å². The third-order valence-corrected chi connectivity index (χ3v) is 3.06. The van der Waals surface area contributed by atoms with E-state index in [0.717, 1.165) is 5.52 Å². The fraction of sp³-hybridized carbons (Fsp3) is 0.429. The molecule has 2 heterocycles. The van der Waals surface area contributed by atoms with Crippen molar-refractivity contribution in [3.63, 3.8) is 0 Å². The van der Waals surface area contributed by atoms with Gasteiger partial charge in [0.1, 0.15) is 5.69 Å². The highest BCUT2D eigenvalue weighted by Gasteiger charge is 2.25. The van der Waals surface area contributed by atoms with Crippen LogP contribution >= 0.6 is 0 Å². The average molecular weight is 263 g/mol. The van der Waals surface area contributed by atoms with Crippen molar-refractivity contribution in [3.8, 4) is 0 Å². The SMILES string of the molecule is COC(=O)c1cc2occc2n1CC(=O)C(C)(C)C. The molecule has 102 valence electrons. The maximum atomic E-state index is 12.2. The molecule has 0 saturated heterocycles. The fourth-order valence-corrected chi connectivity index (χ4v) is 1.80. The van der Waals surface area contributed by atoms with E-state index in [1.165, 1.54) is 13.4 Å². The second kappa shape index (κ2) is 4.57. The van der Waals surface area contributed by atoms with Crippen LogP contribution in [0.2, 0.25) is 0 Å². The van der Waals surface area contributed by atoms with E-state index in [4.69, 9.17) is 9.15 Å². The number of aromatic nitrogens is 1. The summed E-state index contributed by atoms with van der Waals surface area (Å²) in [7, 11) is 1.31. The second-order valence-electron chi connectivity index (χ2n) is 5.45. The molecular weight excluding hydrogens is 246 g/mol. The van der Waals surface area contributed by atoms with Gasteiger partial charge < -0.3 is 13.7 Å². The minimum absolute atomic E-state index is 0.0383. The number of ketones is 1. The third-order valence-electron chi connectivity index (χ3n) is 3.06. The van der Waals surface area contributed by atoms with Crippen LogP contribution < -0.4 is 0 Å². The molecule has 0 unspecified atom stereocenters. The average Bonchev–Trinajstić information content (AvgIpc) is 2.89. The number of Topliss-reactive ketones (excluding diaryl/α,β-unsaturated/α-hetero) is 1. The number of nitrogens with zero attached hydrogens (tertiary/aromatic N) is 1. The molecule has 0 aromatic carbocycles. The summed E-state index contributed by atoms with van der Waals surface area (Å²) in [6.45, 7) is 5.67. The van der Waals surface area contributed by atoms with Crippen LogP contribution in [0.5, 0.6) is 0 Å². The fourth-order valence-electron chi connectivity index (χ4n) is 1.80. The Morgan fingerprint density at radius 3 is 2.63 bits per heavy atom. The molecule has 0 N–H and O–H groups in total. The maximum Gasteiger partial charge on any atom is 0.354 e. The first-order valence-electron chi connectivity index (χ1n) is 6.03. The molecule has 5 nitrogen and oxygen atoms in total. The number of methoxy groups -OCH3 is 1. The zero-order valence-electron chi connectivity index (χ0n) is 11.5. The quantitative estimate of drug-likeness (QED) is 0.799. The van der Waals surface area contributed by atoms with Crippen molar-refractivity contribution in [2.75, 3.05) is 7.11 Å². The Balaban J connectivity index is 2.47. The molecule has 0 fully saturated rings. The molecule has 0 aliphatic rings. The number of hydrogen-bond donors (Lipinski definition) is 0.